The van der Waals surface area contributed by atoms with E-state index in [-0.39, 0.29) is 0 Å². The average molecular weight is 176 g/mol. The van der Waals surface area contributed by atoms with E-state index in [9.17, 15) is 5.21 Å². The zero-order chi connectivity index (χ0) is 9.26. The molecule has 0 radical (unpaired) electrons. The predicted octanol–water partition coefficient (Wildman–Crippen LogP) is 0.414. The second-order valence-electron chi connectivity index (χ2n) is 2.71. The quantitative estimate of drug-likeness (QED) is 0.505. The normalized spacial score (nSPS) is 10.2. The SMILES string of the molecule is Cc1n[nH]nc1-c1ccc[n+]([O-])c1. The molecule has 0 aromatic carbocycles. The first kappa shape index (κ1) is 7.72. The molecular weight excluding hydrogens is 168 g/mol. The fourth-order valence-corrected chi connectivity index (χ4v) is 1.15. The van der Waals surface area contributed by atoms with Crippen molar-refractivity contribution in [1.29, 1.82) is 0 Å². The number of rotatable bonds is 1. The van der Waals surface area contributed by atoms with Crippen LogP contribution in [0.2, 0.25) is 0 Å². The van der Waals surface area contributed by atoms with Gasteiger partial charge in [0.15, 0.2) is 12.4 Å². The van der Waals surface area contributed by atoms with Crippen molar-refractivity contribution in [1.82, 2.24) is 15.4 Å². The topological polar surface area (TPSA) is 68.5 Å². The first-order chi connectivity index (χ1) is 6.27. The Hall–Kier alpha value is -1.91. The van der Waals surface area contributed by atoms with Gasteiger partial charge in [-0.3, -0.25) is 0 Å². The highest BCUT2D eigenvalue weighted by Gasteiger charge is 2.07. The van der Waals surface area contributed by atoms with Crippen molar-refractivity contribution in [3.05, 3.63) is 35.4 Å². The molecule has 13 heavy (non-hydrogen) atoms. The van der Waals surface area contributed by atoms with Crippen LogP contribution in [0.5, 0.6) is 0 Å². The summed E-state index contributed by atoms with van der Waals surface area (Å²) < 4.78 is 0.740. The molecule has 5 heteroatoms. The van der Waals surface area contributed by atoms with Crippen molar-refractivity contribution in [3.63, 3.8) is 0 Å². The van der Waals surface area contributed by atoms with Gasteiger partial charge in [0.05, 0.1) is 11.3 Å². The molecule has 2 aromatic rings. The Balaban J connectivity index is 2.53. The van der Waals surface area contributed by atoms with Crippen LogP contribution in [0.25, 0.3) is 11.3 Å². The minimum absolute atomic E-state index is 0.713. The van der Waals surface area contributed by atoms with Crippen molar-refractivity contribution in [2.24, 2.45) is 0 Å². The van der Waals surface area contributed by atoms with Gasteiger partial charge in [0.25, 0.3) is 0 Å². The molecule has 0 aliphatic heterocycles. The van der Waals surface area contributed by atoms with E-state index in [1.807, 2.05) is 13.0 Å². The van der Waals surface area contributed by atoms with E-state index < -0.39 is 0 Å². The van der Waals surface area contributed by atoms with Crippen molar-refractivity contribution in [2.75, 3.05) is 0 Å². The fourth-order valence-electron chi connectivity index (χ4n) is 1.15. The molecule has 0 unspecified atom stereocenters. The molecule has 2 aromatic heterocycles. The lowest BCUT2D eigenvalue weighted by Crippen LogP contribution is -2.24. The minimum atomic E-state index is 0.713. The molecule has 1 N–H and O–H groups in total. The van der Waals surface area contributed by atoms with E-state index >= 15 is 0 Å². The van der Waals surface area contributed by atoms with Gasteiger partial charge in [0.1, 0.15) is 5.69 Å². The number of pyridine rings is 1. The second kappa shape index (κ2) is 2.85. The maximum absolute atomic E-state index is 11.0. The van der Waals surface area contributed by atoms with Crippen molar-refractivity contribution in [2.45, 2.75) is 6.92 Å². The van der Waals surface area contributed by atoms with Crippen LogP contribution in [0.1, 0.15) is 5.69 Å². The van der Waals surface area contributed by atoms with Crippen LogP contribution in [0, 0.1) is 12.1 Å². The van der Waals surface area contributed by atoms with Gasteiger partial charge in [0, 0.05) is 6.07 Å². The van der Waals surface area contributed by atoms with Gasteiger partial charge in [-0.1, -0.05) is 0 Å². The summed E-state index contributed by atoms with van der Waals surface area (Å²) in [6.45, 7) is 1.83. The summed E-state index contributed by atoms with van der Waals surface area (Å²) in [5.74, 6) is 0. The number of aromatic amines is 1. The van der Waals surface area contributed by atoms with E-state index in [4.69, 9.17) is 0 Å². The Morgan fingerprint density at radius 1 is 1.46 bits per heavy atom. The monoisotopic (exact) mass is 176 g/mol. The van der Waals surface area contributed by atoms with Gasteiger partial charge in [-0.15, -0.1) is 0 Å². The molecule has 0 saturated carbocycles. The molecule has 2 heterocycles. The summed E-state index contributed by atoms with van der Waals surface area (Å²) in [5.41, 5.74) is 2.26. The first-order valence-corrected chi connectivity index (χ1v) is 3.84. The van der Waals surface area contributed by atoms with Crippen LogP contribution in [-0.4, -0.2) is 15.4 Å². The smallest absolute Gasteiger partial charge is 0.189 e. The number of nitrogens with one attached hydrogen (secondary N) is 1. The summed E-state index contributed by atoms with van der Waals surface area (Å²) in [5, 5.41) is 21.3. The van der Waals surface area contributed by atoms with Crippen LogP contribution in [0.15, 0.2) is 24.5 Å². The Kier molecular flexibility index (Phi) is 1.70. The lowest BCUT2D eigenvalue weighted by molar-refractivity contribution is -0.604. The van der Waals surface area contributed by atoms with Crippen LogP contribution < -0.4 is 4.73 Å². The molecule has 0 atom stereocenters. The molecule has 0 aliphatic rings. The van der Waals surface area contributed by atoms with Gasteiger partial charge < -0.3 is 5.21 Å². The average Bonchev–Trinajstić information content (AvgIpc) is 2.51. The van der Waals surface area contributed by atoms with Crippen LogP contribution >= 0.6 is 0 Å². The summed E-state index contributed by atoms with van der Waals surface area (Å²) in [7, 11) is 0. The molecule has 0 spiro atoms. The highest BCUT2D eigenvalue weighted by molar-refractivity contribution is 5.58. The molecule has 0 aliphatic carbocycles. The van der Waals surface area contributed by atoms with Gasteiger partial charge in [-0.2, -0.15) is 20.1 Å². The molecule has 5 nitrogen and oxygen atoms in total. The number of aromatic nitrogens is 4. The van der Waals surface area contributed by atoms with Crippen LogP contribution in [0.3, 0.4) is 0 Å². The molecule has 2 rings (SSSR count). The maximum atomic E-state index is 11.0. The third-order valence-corrected chi connectivity index (χ3v) is 1.77. The zero-order valence-corrected chi connectivity index (χ0v) is 7.06. The van der Waals surface area contributed by atoms with Gasteiger partial charge in [-0.25, -0.2) is 0 Å². The molecule has 0 saturated heterocycles. The molecule has 0 fully saturated rings. The van der Waals surface area contributed by atoms with Crippen molar-refractivity contribution < 1.29 is 4.73 Å². The zero-order valence-electron chi connectivity index (χ0n) is 7.06. The summed E-state index contributed by atoms with van der Waals surface area (Å²) in [6.07, 6.45) is 2.89. The van der Waals surface area contributed by atoms with E-state index in [1.165, 1.54) is 12.4 Å². The third-order valence-electron chi connectivity index (χ3n) is 1.77. The summed E-state index contributed by atoms with van der Waals surface area (Å²) >= 11 is 0. The highest BCUT2D eigenvalue weighted by atomic mass is 16.5. The van der Waals surface area contributed by atoms with E-state index in [2.05, 4.69) is 15.4 Å². The Bertz CT molecular complexity index is 424. The van der Waals surface area contributed by atoms with Gasteiger partial charge in [0.2, 0.25) is 0 Å². The third kappa shape index (κ3) is 1.35. The van der Waals surface area contributed by atoms with E-state index in [0.717, 1.165) is 16.0 Å². The lowest BCUT2D eigenvalue weighted by atomic mass is 10.2. The van der Waals surface area contributed by atoms with E-state index in [0.29, 0.717) is 5.69 Å². The minimum Gasteiger partial charge on any atom is -0.619 e. The molecule has 0 bridgehead atoms. The highest BCUT2D eigenvalue weighted by Crippen LogP contribution is 2.15. The number of hydrogen-bond donors (Lipinski definition) is 1. The number of hydrogen-bond acceptors (Lipinski definition) is 3. The Morgan fingerprint density at radius 2 is 2.31 bits per heavy atom. The van der Waals surface area contributed by atoms with Crippen molar-refractivity contribution >= 4 is 0 Å². The summed E-state index contributed by atoms with van der Waals surface area (Å²) in [4.78, 5) is 0. The van der Waals surface area contributed by atoms with Crippen LogP contribution in [-0.2, 0) is 0 Å². The van der Waals surface area contributed by atoms with Crippen molar-refractivity contribution in [3.8, 4) is 11.3 Å². The number of H-pyrrole nitrogens is 1. The first-order valence-electron chi connectivity index (χ1n) is 3.84. The Labute approximate surface area is 74.6 Å². The van der Waals surface area contributed by atoms with Crippen LogP contribution in [0.4, 0.5) is 0 Å². The fraction of sp³-hybridized carbons (Fsp3) is 0.125. The van der Waals surface area contributed by atoms with Gasteiger partial charge in [-0.05, 0) is 13.0 Å². The molecule has 66 valence electrons. The Morgan fingerprint density at radius 3 is 2.92 bits per heavy atom. The number of nitrogens with zero attached hydrogens (tertiary/aromatic N) is 3. The molecular formula is C8H8N4O. The van der Waals surface area contributed by atoms with E-state index in [1.54, 1.807) is 6.07 Å². The predicted molar refractivity (Wildman–Crippen MR) is 45.5 cm³/mol. The maximum Gasteiger partial charge on any atom is 0.189 e. The summed E-state index contributed by atoms with van der Waals surface area (Å²) in [6, 6.07) is 3.50. The molecule has 0 amide bonds. The standard InChI is InChI=1S/C8H8N4O/c1-6-8(10-11-9-6)7-3-2-4-12(13)5-7/h2-5H,1H3,(H,9,10,11). The lowest BCUT2D eigenvalue weighted by Gasteiger charge is -1.97. The second-order valence-corrected chi connectivity index (χ2v) is 2.71. The van der Waals surface area contributed by atoms with Gasteiger partial charge >= 0.3 is 0 Å². The number of aryl methyl sites for hydroxylation is 1. The largest absolute Gasteiger partial charge is 0.619 e.